The third kappa shape index (κ3) is 4.14. The van der Waals surface area contributed by atoms with Crippen molar-refractivity contribution in [2.24, 2.45) is 0 Å². The lowest BCUT2D eigenvalue weighted by atomic mass is 10.0. The number of piperidine rings is 1. The first-order chi connectivity index (χ1) is 11.6. The van der Waals surface area contributed by atoms with E-state index < -0.39 is 0 Å². The highest BCUT2D eigenvalue weighted by molar-refractivity contribution is 7.10. The lowest BCUT2D eigenvalue weighted by Crippen LogP contribution is -2.46. The molecule has 24 heavy (non-hydrogen) atoms. The van der Waals surface area contributed by atoms with Crippen LogP contribution in [0.1, 0.15) is 28.1 Å². The number of carbonyl (C=O) groups excluding carboxylic acids is 2. The van der Waals surface area contributed by atoms with Crippen molar-refractivity contribution < 1.29 is 14.7 Å². The van der Waals surface area contributed by atoms with Crippen LogP contribution in [-0.4, -0.2) is 41.0 Å². The van der Waals surface area contributed by atoms with Gasteiger partial charge in [0.25, 0.3) is 5.91 Å². The van der Waals surface area contributed by atoms with E-state index in [4.69, 9.17) is 0 Å². The first-order valence-corrected chi connectivity index (χ1v) is 8.90. The average Bonchev–Trinajstić information content (AvgIpc) is 3.07. The summed E-state index contributed by atoms with van der Waals surface area (Å²) in [6, 6.07) is 10.4. The Bertz CT molecular complexity index is 707. The van der Waals surface area contributed by atoms with Gasteiger partial charge in [-0.15, -0.1) is 11.3 Å². The number of benzene rings is 1. The number of hydrogen-bond acceptors (Lipinski definition) is 4. The normalized spacial score (nSPS) is 15.2. The Balaban J connectivity index is 1.48. The lowest BCUT2D eigenvalue weighted by molar-refractivity contribution is -0.121. The largest absolute Gasteiger partial charge is 0.508 e. The summed E-state index contributed by atoms with van der Waals surface area (Å²) < 4.78 is 0. The monoisotopic (exact) mass is 344 g/mol. The van der Waals surface area contributed by atoms with E-state index in [0.717, 1.165) is 17.7 Å². The number of carbonyl (C=O) groups is 2. The van der Waals surface area contributed by atoms with Crippen LogP contribution in [0.2, 0.25) is 0 Å². The minimum atomic E-state index is -0.0748. The van der Waals surface area contributed by atoms with E-state index >= 15 is 0 Å². The quantitative estimate of drug-likeness (QED) is 0.895. The van der Waals surface area contributed by atoms with Crippen LogP contribution in [0.5, 0.6) is 5.75 Å². The van der Waals surface area contributed by atoms with Crippen LogP contribution in [0.15, 0.2) is 41.8 Å². The zero-order valence-corrected chi connectivity index (χ0v) is 14.1. The maximum absolute atomic E-state index is 12.4. The van der Waals surface area contributed by atoms with E-state index in [1.807, 2.05) is 17.5 Å². The van der Waals surface area contributed by atoms with E-state index in [1.54, 1.807) is 34.4 Å². The van der Waals surface area contributed by atoms with Gasteiger partial charge in [0.15, 0.2) is 0 Å². The summed E-state index contributed by atoms with van der Waals surface area (Å²) in [6.07, 6.45) is 1.92. The van der Waals surface area contributed by atoms with Gasteiger partial charge in [0.1, 0.15) is 5.75 Å². The molecule has 5 nitrogen and oxygen atoms in total. The number of phenolic OH excluding ortho intramolecular Hbond substituents is 1. The third-order valence-electron chi connectivity index (χ3n) is 4.16. The molecule has 1 fully saturated rings. The van der Waals surface area contributed by atoms with Gasteiger partial charge in [-0.25, -0.2) is 0 Å². The highest BCUT2D eigenvalue weighted by Gasteiger charge is 2.24. The molecule has 0 unspecified atom stereocenters. The number of phenols is 1. The molecule has 0 saturated carbocycles. The predicted molar refractivity (Wildman–Crippen MR) is 93.2 cm³/mol. The fourth-order valence-electron chi connectivity index (χ4n) is 2.90. The van der Waals surface area contributed by atoms with Gasteiger partial charge in [0, 0.05) is 29.6 Å². The van der Waals surface area contributed by atoms with Gasteiger partial charge in [-0.1, -0.05) is 12.1 Å². The fraction of sp³-hybridized carbons (Fsp3) is 0.333. The molecule has 1 aromatic heterocycles. The van der Waals surface area contributed by atoms with Crippen LogP contribution in [0.4, 0.5) is 0 Å². The number of aromatic hydroxyl groups is 1. The Morgan fingerprint density at radius 2 is 2.00 bits per heavy atom. The van der Waals surface area contributed by atoms with Crippen LogP contribution < -0.4 is 5.32 Å². The molecule has 1 aliphatic heterocycles. The SMILES string of the molecule is O=C(Cc1cccs1)NC1CCN(C(=O)c2cccc(O)c2)CC1. The van der Waals surface area contributed by atoms with Gasteiger partial charge in [0.2, 0.25) is 5.91 Å². The zero-order valence-electron chi connectivity index (χ0n) is 13.3. The van der Waals surface area contributed by atoms with Crippen LogP contribution in [0.3, 0.4) is 0 Å². The minimum Gasteiger partial charge on any atom is -0.508 e. The molecule has 0 spiro atoms. The lowest BCUT2D eigenvalue weighted by Gasteiger charge is -2.32. The Morgan fingerprint density at radius 3 is 2.67 bits per heavy atom. The number of amides is 2. The zero-order chi connectivity index (χ0) is 16.9. The second-order valence-electron chi connectivity index (χ2n) is 5.94. The smallest absolute Gasteiger partial charge is 0.253 e. The summed E-state index contributed by atoms with van der Waals surface area (Å²) in [5, 5.41) is 14.5. The van der Waals surface area contributed by atoms with Crippen LogP contribution in [0.25, 0.3) is 0 Å². The van der Waals surface area contributed by atoms with Crippen molar-refractivity contribution in [1.82, 2.24) is 10.2 Å². The van der Waals surface area contributed by atoms with Gasteiger partial charge in [-0.05, 0) is 42.5 Å². The summed E-state index contributed by atoms with van der Waals surface area (Å²) in [5.41, 5.74) is 0.496. The molecule has 0 aliphatic carbocycles. The third-order valence-corrected chi connectivity index (χ3v) is 5.03. The van der Waals surface area contributed by atoms with E-state index in [1.165, 1.54) is 6.07 Å². The van der Waals surface area contributed by atoms with Crippen molar-refractivity contribution in [3.63, 3.8) is 0 Å². The number of rotatable bonds is 4. The first-order valence-electron chi connectivity index (χ1n) is 8.02. The molecule has 0 bridgehead atoms. The Morgan fingerprint density at radius 1 is 1.21 bits per heavy atom. The molecular formula is C18H20N2O3S. The topological polar surface area (TPSA) is 69.6 Å². The standard InChI is InChI=1S/C18H20N2O3S/c21-15-4-1-3-13(11-15)18(23)20-8-6-14(7-9-20)19-17(22)12-16-5-2-10-24-16/h1-5,10-11,14,21H,6-9,12H2,(H,19,22). The number of nitrogens with zero attached hydrogens (tertiary/aromatic N) is 1. The van der Waals surface area contributed by atoms with Crippen molar-refractivity contribution in [1.29, 1.82) is 0 Å². The van der Waals surface area contributed by atoms with Crippen molar-refractivity contribution in [3.8, 4) is 5.75 Å². The second-order valence-corrected chi connectivity index (χ2v) is 6.97. The molecular weight excluding hydrogens is 324 g/mol. The highest BCUT2D eigenvalue weighted by atomic mass is 32.1. The van der Waals surface area contributed by atoms with Crippen LogP contribution in [0, 0.1) is 0 Å². The molecule has 1 aromatic carbocycles. The molecule has 0 radical (unpaired) electrons. The predicted octanol–water partition coefficient (Wildman–Crippen LogP) is 2.42. The van der Waals surface area contributed by atoms with Gasteiger partial charge in [-0.3, -0.25) is 9.59 Å². The van der Waals surface area contributed by atoms with Crippen LogP contribution in [-0.2, 0) is 11.2 Å². The Hall–Kier alpha value is -2.34. The summed E-state index contributed by atoms with van der Waals surface area (Å²) in [4.78, 5) is 27.3. The van der Waals surface area contributed by atoms with Crippen molar-refractivity contribution in [3.05, 3.63) is 52.2 Å². The van der Waals surface area contributed by atoms with Gasteiger partial charge < -0.3 is 15.3 Å². The van der Waals surface area contributed by atoms with Gasteiger partial charge >= 0.3 is 0 Å². The fourth-order valence-corrected chi connectivity index (χ4v) is 3.60. The second kappa shape index (κ2) is 7.49. The molecule has 0 atom stereocenters. The maximum atomic E-state index is 12.4. The molecule has 1 aliphatic rings. The minimum absolute atomic E-state index is 0.0372. The van der Waals surface area contributed by atoms with Gasteiger partial charge in [0.05, 0.1) is 6.42 Å². The van der Waals surface area contributed by atoms with E-state index in [2.05, 4.69) is 5.32 Å². The van der Waals surface area contributed by atoms with Crippen LogP contribution >= 0.6 is 11.3 Å². The molecule has 2 N–H and O–H groups in total. The summed E-state index contributed by atoms with van der Waals surface area (Å²) in [6.45, 7) is 1.22. The van der Waals surface area contributed by atoms with Crippen molar-refractivity contribution in [2.45, 2.75) is 25.3 Å². The molecule has 2 aromatic rings. The molecule has 1 saturated heterocycles. The maximum Gasteiger partial charge on any atom is 0.253 e. The highest BCUT2D eigenvalue weighted by Crippen LogP contribution is 2.17. The first kappa shape index (κ1) is 16.5. The number of likely N-dealkylation sites (tertiary alicyclic amines) is 1. The van der Waals surface area contributed by atoms with E-state index in [9.17, 15) is 14.7 Å². The summed E-state index contributed by atoms with van der Waals surface area (Å²) >= 11 is 1.58. The summed E-state index contributed by atoms with van der Waals surface area (Å²) in [7, 11) is 0. The van der Waals surface area contributed by atoms with E-state index in [-0.39, 0.29) is 23.6 Å². The number of thiophene rings is 1. The van der Waals surface area contributed by atoms with Gasteiger partial charge in [-0.2, -0.15) is 0 Å². The van der Waals surface area contributed by atoms with E-state index in [0.29, 0.717) is 25.1 Å². The Labute approximate surface area is 144 Å². The average molecular weight is 344 g/mol. The molecule has 3 rings (SSSR count). The molecule has 2 heterocycles. The Kier molecular flexibility index (Phi) is 5.15. The van der Waals surface area contributed by atoms with Crippen molar-refractivity contribution >= 4 is 23.2 Å². The van der Waals surface area contributed by atoms with Crippen molar-refractivity contribution in [2.75, 3.05) is 13.1 Å². The molecule has 2 amide bonds. The molecule has 126 valence electrons. The number of hydrogen-bond donors (Lipinski definition) is 2. The number of nitrogens with one attached hydrogen (secondary N) is 1. The molecule has 6 heteroatoms. The summed E-state index contributed by atoms with van der Waals surface area (Å²) in [5.74, 6) is 0.0565.